The van der Waals surface area contributed by atoms with Crippen LogP contribution in [0, 0.1) is 0 Å². The molecule has 3 rings (SSSR count). The van der Waals surface area contributed by atoms with Crippen LogP contribution in [0.4, 0.5) is 0 Å². The maximum Gasteiger partial charge on any atom is 0.141 e. The molecule has 0 saturated heterocycles. The second-order valence-electron chi connectivity index (χ2n) is 3.66. The lowest BCUT2D eigenvalue weighted by atomic mass is 10.1. The van der Waals surface area contributed by atoms with Crippen molar-refractivity contribution in [2.45, 2.75) is 0 Å². The number of benzene rings is 1. The van der Waals surface area contributed by atoms with Gasteiger partial charge in [-0.15, -0.1) is 10.2 Å². The van der Waals surface area contributed by atoms with Gasteiger partial charge in [-0.1, -0.05) is 6.07 Å². The molecule has 18 heavy (non-hydrogen) atoms. The predicted octanol–water partition coefficient (Wildman–Crippen LogP) is 2.47. The Balaban J connectivity index is 2.03. The molecular weight excluding hydrogens is 294 g/mol. The zero-order valence-corrected chi connectivity index (χ0v) is 10.8. The van der Waals surface area contributed by atoms with Crippen LogP contribution in [0.25, 0.3) is 10.9 Å². The van der Waals surface area contributed by atoms with Gasteiger partial charge >= 0.3 is 0 Å². The fraction of sp³-hybridized carbons (Fsp3) is 0. The average Bonchev–Trinajstić information content (AvgIpc) is 2.90. The third-order valence-corrected chi connectivity index (χ3v) is 3.03. The summed E-state index contributed by atoms with van der Waals surface area (Å²) in [6, 6.07) is 7.93. The van der Waals surface area contributed by atoms with Gasteiger partial charge in [-0.25, -0.2) is 4.68 Å². The average molecular weight is 302 g/mol. The number of pyridine rings is 1. The van der Waals surface area contributed by atoms with Crippen molar-refractivity contribution in [1.29, 1.82) is 0 Å². The Kier molecular flexibility index (Phi) is 2.85. The van der Waals surface area contributed by atoms with Crippen molar-refractivity contribution in [3.63, 3.8) is 0 Å². The summed E-state index contributed by atoms with van der Waals surface area (Å²) in [6.45, 7) is 0. The first-order valence-electron chi connectivity index (χ1n) is 5.26. The number of hydrogen-bond acceptors (Lipinski definition) is 4. The molecule has 0 aliphatic rings. The summed E-state index contributed by atoms with van der Waals surface area (Å²) in [5.74, 6) is 0. The van der Waals surface area contributed by atoms with E-state index in [1.165, 1.54) is 12.7 Å². The molecule has 0 spiro atoms. The quantitative estimate of drug-likeness (QED) is 0.683. The Labute approximate surface area is 111 Å². The highest BCUT2D eigenvalue weighted by molar-refractivity contribution is 9.10. The zero-order valence-electron chi connectivity index (χ0n) is 9.23. The van der Waals surface area contributed by atoms with E-state index in [0.717, 1.165) is 20.9 Å². The Bertz CT molecular complexity index is 706. The van der Waals surface area contributed by atoms with E-state index in [1.54, 1.807) is 17.1 Å². The van der Waals surface area contributed by atoms with Crippen LogP contribution in [-0.2, 0) is 0 Å². The molecule has 2 heterocycles. The van der Waals surface area contributed by atoms with Gasteiger partial charge in [0.15, 0.2) is 0 Å². The number of fused-ring (bicyclic) bond motifs is 1. The van der Waals surface area contributed by atoms with Crippen LogP contribution in [-0.4, -0.2) is 26.1 Å². The van der Waals surface area contributed by atoms with Gasteiger partial charge in [0.2, 0.25) is 0 Å². The van der Waals surface area contributed by atoms with Gasteiger partial charge in [0.05, 0.1) is 11.7 Å². The molecule has 0 N–H and O–H groups in total. The fourth-order valence-corrected chi connectivity index (χ4v) is 2.23. The molecule has 0 saturated carbocycles. The summed E-state index contributed by atoms with van der Waals surface area (Å²) in [5, 5.41) is 12.6. The van der Waals surface area contributed by atoms with Crippen molar-refractivity contribution >= 4 is 33.0 Å². The summed E-state index contributed by atoms with van der Waals surface area (Å²) in [4.78, 5) is 4.32. The Morgan fingerprint density at radius 2 is 2.06 bits per heavy atom. The van der Waals surface area contributed by atoms with E-state index >= 15 is 0 Å². The van der Waals surface area contributed by atoms with Gasteiger partial charge in [0.25, 0.3) is 0 Å². The van der Waals surface area contributed by atoms with Crippen LogP contribution in [0.3, 0.4) is 0 Å². The summed E-state index contributed by atoms with van der Waals surface area (Å²) < 4.78 is 2.49. The summed E-state index contributed by atoms with van der Waals surface area (Å²) in [6.07, 6.45) is 6.60. The van der Waals surface area contributed by atoms with Crippen molar-refractivity contribution in [2.24, 2.45) is 5.10 Å². The molecule has 6 heteroatoms. The highest BCUT2D eigenvalue weighted by Crippen LogP contribution is 2.23. The minimum Gasteiger partial charge on any atom is -0.255 e. The van der Waals surface area contributed by atoms with Crippen molar-refractivity contribution in [3.05, 3.63) is 53.2 Å². The lowest BCUT2D eigenvalue weighted by Crippen LogP contribution is -1.89. The SMILES string of the molecule is Brc1cc(C=Nn2cnnc2)cc2cccnc12. The van der Waals surface area contributed by atoms with Crippen LogP contribution in [0.15, 0.2) is 52.7 Å². The van der Waals surface area contributed by atoms with Gasteiger partial charge < -0.3 is 0 Å². The summed E-state index contributed by atoms with van der Waals surface area (Å²) in [5.41, 5.74) is 1.93. The third kappa shape index (κ3) is 2.14. The summed E-state index contributed by atoms with van der Waals surface area (Å²) in [7, 11) is 0. The maximum atomic E-state index is 4.32. The van der Waals surface area contributed by atoms with E-state index in [1.807, 2.05) is 24.3 Å². The summed E-state index contributed by atoms with van der Waals surface area (Å²) >= 11 is 3.51. The Morgan fingerprint density at radius 1 is 1.22 bits per heavy atom. The topological polar surface area (TPSA) is 56.0 Å². The van der Waals surface area contributed by atoms with E-state index in [-0.39, 0.29) is 0 Å². The van der Waals surface area contributed by atoms with Crippen molar-refractivity contribution < 1.29 is 0 Å². The molecule has 0 amide bonds. The Hall–Kier alpha value is -2.08. The van der Waals surface area contributed by atoms with E-state index in [9.17, 15) is 0 Å². The normalized spacial score (nSPS) is 11.4. The number of nitrogens with zero attached hydrogens (tertiary/aromatic N) is 5. The second-order valence-corrected chi connectivity index (χ2v) is 4.52. The van der Waals surface area contributed by atoms with E-state index in [0.29, 0.717) is 0 Å². The molecule has 3 aromatic rings. The van der Waals surface area contributed by atoms with Crippen molar-refractivity contribution in [2.75, 3.05) is 0 Å². The largest absolute Gasteiger partial charge is 0.255 e. The molecule has 0 bridgehead atoms. The standard InChI is InChI=1S/C12H8BrN5/c13-11-5-9(6-17-18-7-15-16-8-18)4-10-2-1-3-14-12(10)11/h1-8H. The molecule has 88 valence electrons. The van der Waals surface area contributed by atoms with Crippen LogP contribution in [0.5, 0.6) is 0 Å². The lowest BCUT2D eigenvalue weighted by Gasteiger charge is -2.01. The molecule has 0 atom stereocenters. The third-order valence-electron chi connectivity index (χ3n) is 2.43. The minimum absolute atomic E-state index is 0.943. The van der Waals surface area contributed by atoms with Gasteiger partial charge in [0.1, 0.15) is 12.7 Å². The monoisotopic (exact) mass is 301 g/mol. The molecular formula is C12H8BrN5. The van der Waals surface area contributed by atoms with Crippen LogP contribution in [0.1, 0.15) is 5.56 Å². The lowest BCUT2D eigenvalue weighted by molar-refractivity contribution is 0.878. The predicted molar refractivity (Wildman–Crippen MR) is 72.5 cm³/mol. The maximum absolute atomic E-state index is 4.32. The first kappa shape index (κ1) is 11.0. The molecule has 1 aromatic carbocycles. The molecule has 0 fully saturated rings. The molecule has 0 aliphatic heterocycles. The van der Waals surface area contributed by atoms with E-state index in [4.69, 9.17) is 0 Å². The van der Waals surface area contributed by atoms with Crippen LogP contribution in [0.2, 0.25) is 0 Å². The molecule has 0 radical (unpaired) electrons. The van der Waals surface area contributed by atoms with Gasteiger partial charge in [0, 0.05) is 16.1 Å². The number of rotatable bonds is 2. The number of aromatic nitrogens is 4. The van der Waals surface area contributed by atoms with Gasteiger partial charge in [-0.2, -0.15) is 5.10 Å². The minimum atomic E-state index is 0.943. The van der Waals surface area contributed by atoms with Crippen LogP contribution < -0.4 is 0 Å². The van der Waals surface area contributed by atoms with Gasteiger partial charge in [-0.05, 0) is 39.7 Å². The van der Waals surface area contributed by atoms with Crippen LogP contribution >= 0.6 is 15.9 Å². The van der Waals surface area contributed by atoms with Crippen molar-refractivity contribution in [1.82, 2.24) is 19.9 Å². The molecule has 0 aliphatic carbocycles. The first-order chi connectivity index (χ1) is 8.83. The highest BCUT2D eigenvalue weighted by atomic mass is 79.9. The van der Waals surface area contributed by atoms with E-state index < -0.39 is 0 Å². The smallest absolute Gasteiger partial charge is 0.141 e. The molecule has 2 aromatic heterocycles. The zero-order chi connectivity index (χ0) is 12.4. The first-order valence-corrected chi connectivity index (χ1v) is 6.05. The Morgan fingerprint density at radius 3 is 2.89 bits per heavy atom. The fourth-order valence-electron chi connectivity index (χ4n) is 1.63. The number of hydrogen-bond donors (Lipinski definition) is 0. The van der Waals surface area contributed by atoms with Gasteiger partial charge in [-0.3, -0.25) is 4.98 Å². The number of halogens is 1. The van der Waals surface area contributed by atoms with E-state index in [2.05, 4.69) is 36.2 Å². The van der Waals surface area contributed by atoms with Crippen molar-refractivity contribution in [3.8, 4) is 0 Å². The second kappa shape index (κ2) is 4.66. The molecule has 0 unspecified atom stereocenters. The highest BCUT2D eigenvalue weighted by Gasteiger charge is 2.01. The molecule has 5 nitrogen and oxygen atoms in total.